The number of ether oxygens (including phenoxy) is 3. The maximum absolute atomic E-state index is 5.99. The van der Waals surface area contributed by atoms with E-state index >= 15 is 0 Å². The molecule has 0 unspecified atom stereocenters. The van der Waals surface area contributed by atoms with Crippen molar-refractivity contribution in [3.8, 4) is 17.2 Å². The third kappa shape index (κ3) is 4.03. The fourth-order valence-electron chi connectivity index (χ4n) is 2.49. The first kappa shape index (κ1) is 14.5. The third-order valence-corrected chi connectivity index (χ3v) is 3.97. The first-order valence-electron chi connectivity index (χ1n) is 8.15. The van der Waals surface area contributed by atoms with Crippen molar-refractivity contribution < 1.29 is 14.2 Å². The Morgan fingerprint density at radius 3 is 2.71 bits per heavy atom. The molecule has 1 aliphatic carbocycles. The van der Waals surface area contributed by atoms with Crippen molar-refractivity contribution in [2.75, 3.05) is 13.4 Å². The van der Waals surface area contributed by atoms with E-state index in [1.807, 2.05) is 6.07 Å². The predicted octanol–water partition coefficient (Wildman–Crippen LogP) is 3.63. The van der Waals surface area contributed by atoms with Crippen LogP contribution in [-0.2, 0) is 6.54 Å². The second kappa shape index (κ2) is 7.03. The van der Waals surface area contributed by atoms with Crippen molar-refractivity contribution in [3.05, 3.63) is 17.7 Å². The van der Waals surface area contributed by atoms with E-state index in [0.717, 1.165) is 36.8 Å². The Labute approximate surface area is 126 Å². The van der Waals surface area contributed by atoms with Gasteiger partial charge in [0.1, 0.15) is 5.75 Å². The lowest BCUT2D eigenvalue weighted by atomic mass is 10.1. The monoisotopic (exact) mass is 291 g/mol. The van der Waals surface area contributed by atoms with Gasteiger partial charge in [-0.3, -0.25) is 0 Å². The summed E-state index contributed by atoms with van der Waals surface area (Å²) in [4.78, 5) is 0. The summed E-state index contributed by atoms with van der Waals surface area (Å²) < 4.78 is 16.9. The van der Waals surface area contributed by atoms with Gasteiger partial charge in [0.15, 0.2) is 11.5 Å². The standard InChI is InChI=1S/C17H25NO3/c1-2-3-4-5-8-19-15-10-17-16(20-12-21-17)9-13(15)11-18-14-6-7-14/h9-10,14,18H,2-8,11-12H2,1H3. The first-order valence-corrected chi connectivity index (χ1v) is 8.15. The number of nitrogens with one attached hydrogen (secondary N) is 1. The summed E-state index contributed by atoms with van der Waals surface area (Å²) in [7, 11) is 0. The summed E-state index contributed by atoms with van der Waals surface area (Å²) >= 11 is 0. The van der Waals surface area contributed by atoms with Crippen molar-refractivity contribution in [1.29, 1.82) is 0 Å². The summed E-state index contributed by atoms with van der Waals surface area (Å²) in [6.07, 6.45) is 7.45. The Morgan fingerprint density at radius 1 is 1.14 bits per heavy atom. The number of benzene rings is 1. The van der Waals surface area contributed by atoms with Gasteiger partial charge in [-0.15, -0.1) is 0 Å². The minimum Gasteiger partial charge on any atom is -0.493 e. The molecule has 1 aliphatic heterocycles. The second-order valence-corrected chi connectivity index (χ2v) is 5.88. The molecule has 0 aromatic heterocycles. The van der Waals surface area contributed by atoms with Crippen LogP contribution in [0.5, 0.6) is 17.2 Å². The third-order valence-electron chi connectivity index (χ3n) is 3.97. The Kier molecular flexibility index (Phi) is 4.86. The Hall–Kier alpha value is -1.42. The van der Waals surface area contributed by atoms with Crippen molar-refractivity contribution >= 4 is 0 Å². The summed E-state index contributed by atoms with van der Waals surface area (Å²) in [6.45, 7) is 4.15. The number of rotatable bonds is 9. The highest BCUT2D eigenvalue weighted by Gasteiger charge is 2.22. The smallest absolute Gasteiger partial charge is 0.231 e. The zero-order valence-corrected chi connectivity index (χ0v) is 12.8. The Bertz CT molecular complexity index is 471. The molecule has 3 rings (SSSR count). The van der Waals surface area contributed by atoms with E-state index in [2.05, 4.69) is 18.3 Å². The van der Waals surface area contributed by atoms with Crippen molar-refractivity contribution in [2.45, 2.75) is 58.0 Å². The van der Waals surface area contributed by atoms with E-state index in [9.17, 15) is 0 Å². The lowest BCUT2D eigenvalue weighted by molar-refractivity contribution is 0.173. The molecule has 1 aromatic rings. The SMILES string of the molecule is CCCCCCOc1cc2c(cc1CNC1CC1)OCO2. The van der Waals surface area contributed by atoms with Crippen LogP contribution in [0.2, 0.25) is 0 Å². The predicted molar refractivity (Wildman–Crippen MR) is 82.1 cm³/mol. The fourth-order valence-corrected chi connectivity index (χ4v) is 2.49. The van der Waals surface area contributed by atoms with E-state index in [-0.39, 0.29) is 0 Å². The Balaban J connectivity index is 1.61. The number of fused-ring (bicyclic) bond motifs is 1. The van der Waals surface area contributed by atoms with Gasteiger partial charge in [0.2, 0.25) is 6.79 Å². The van der Waals surface area contributed by atoms with E-state index in [4.69, 9.17) is 14.2 Å². The van der Waals surface area contributed by atoms with Gasteiger partial charge in [-0.2, -0.15) is 0 Å². The number of hydrogen-bond donors (Lipinski definition) is 1. The summed E-state index contributed by atoms with van der Waals surface area (Å²) in [5.74, 6) is 2.57. The highest BCUT2D eigenvalue weighted by Crippen LogP contribution is 2.38. The largest absolute Gasteiger partial charge is 0.493 e. The maximum Gasteiger partial charge on any atom is 0.231 e. The van der Waals surface area contributed by atoms with Gasteiger partial charge in [-0.05, 0) is 25.3 Å². The molecule has 1 saturated carbocycles. The van der Waals surface area contributed by atoms with Crippen LogP contribution in [0.1, 0.15) is 51.0 Å². The molecule has 0 atom stereocenters. The van der Waals surface area contributed by atoms with Crippen LogP contribution in [0.4, 0.5) is 0 Å². The number of hydrogen-bond acceptors (Lipinski definition) is 4. The van der Waals surface area contributed by atoms with Gasteiger partial charge < -0.3 is 19.5 Å². The molecule has 1 N–H and O–H groups in total. The van der Waals surface area contributed by atoms with Crippen LogP contribution in [0, 0.1) is 0 Å². The fraction of sp³-hybridized carbons (Fsp3) is 0.647. The van der Waals surface area contributed by atoms with Crippen molar-refractivity contribution in [3.63, 3.8) is 0 Å². The topological polar surface area (TPSA) is 39.7 Å². The maximum atomic E-state index is 5.99. The van der Waals surface area contributed by atoms with Crippen LogP contribution in [-0.4, -0.2) is 19.4 Å². The van der Waals surface area contributed by atoms with Gasteiger partial charge >= 0.3 is 0 Å². The van der Waals surface area contributed by atoms with Crippen molar-refractivity contribution in [1.82, 2.24) is 5.32 Å². The molecule has 4 nitrogen and oxygen atoms in total. The Morgan fingerprint density at radius 2 is 1.95 bits per heavy atom. The molecule has 0 bridgehead atoms. The molecule has 0 saturated heterocycles. The highest BCUT2D eigenvalue weighted by atomic mass is 16.7. The quantitative estimate of drug-likeness (QED) is 0.705. The number of unbranched alkanes of at least 4 members (excludes halogenated alkanes) is 3. The molecule has 1 heterocycles. The van der Waals surface area contributed by atoms with E-state index in [0.29, 0.717) is 12.8 Å². The molecule has 2 aliphatic rings. The zero-order valence-electron chi connectivity index (χ0n) is 12.8. The average Bonchev–Trinajstić information content (AvgIpc) is 3.21. The van der Waals surface area contributed by atoms with E-state index in [1.165, 1.54) is 37.7 Å². The average molecular weight is 291 g/mol. The second-order valence-electron chi connectivity index (χ2n) is 5.88. The van der Waals surface area contributed by atoms with Crippen molar-refractivity contribution in [2.24, 2.45) is 0 Å². The molecular formula is C17H25NO3. The molecule has 21 heavy (non-hydrogen) atoms. The molecular weight excluding hydrogens is 266 g/mol. The molecule has 4 heteroatoms. The van der Waals surface area contributed by atoms with Gasteiger partial charge in [-0.1, -0.05) is 26.2 Å². The van der Waals surface area contributed by atoms with Crippen LogP contribution < -0.4 is 19.5 Å². The highest BCUT2D eigenvalue weighted by molar-refractivity contribution is 5.51. The normalized spacial score (nSPS) is 16.2. The van der Waals surface area contributed by atoms with Crippen LogP contribution in [0.25, 0.3) is 0 Å². The molecule has 0 radical (unpaired) electrons. The van der Waals surface area contributed by atoms with Crippen LogP contribution in [0.3, 0.4) is 0 Å². The van der Waals surface area contributed by atoms with Gasteiger partial charge in [0.05, 0.1) is 6.61 Å². The van der Waals surface area contributed by atoms with Gasteiger partial charge in [0.25, 0.3) is 0 Å². The first-order chi connectivity index (χ1) is 10.4. The lowest BCUT2D eigenvalue weighted by Crippen LogP contribution is -2.16. The summed E-state index contributed by atoms with van der Waals surface area (Å²) in [6, 6.07) is 4.72. The van der Waals surface area contributed by atoms with Gasteiger partial charge in [0, 0.05) is 24.2 Å². The molecule has 0 amide bonds. The molecule has 1 fully saturated rings. The molecule has 116 valence electrons. The minimum atomic E-state index is 0.310. The van der Waals surface area contributed by atoms with Crippen LogP contribution in [0.15, 0.2) is 12.1 Å². The molecule has 1 aromatic carbocycles. The summed E-state index contributed by atoms with van der Waals surface area (Å²) in [5.41, 5.74) is 1.17. The zero-order chi connectivity index (χ0) is 14.5. The minimum absolute atomic E-state index is 0.310. The lowest BCUT2D eigenvalue weighted by Gasteiger charge is -2.13. The van der Waals surface area contributed by atoms with E-state index in [1.54, 1.807) is 0 Å². The van der Waals surface area contributed by atoms with Gasteiger partial charge in [-0.25, -0.2) is 0 Å². The van der Waals surface area contributed by atoms with Crippen LogP contribution >= 0.6 is 0 Å². The van der Waals surface area contributed by atoms with E-state index < -0.39 is 0 Å². The molecule has 0 spiro atoms. The summed E-state index contributed by atoms with van der Waals surface area (Å²) in [5, 5.41) is 3.54.